The van der Waals surface area contributed by atoms with Crippen LogP contribution in [0.15, 0.2) is 24.3 Å². The smallest absolute Gasteiger partial charge is 0.0208 e. The minimum absolute atomic E-state index is 0.841. The van der Waals surface area contributed by atoms with E-state index < -0.39 is 0 Å². The number of likely N-dealkylation sites (tertiary alicyclic amines) is 1. The van der Waals surface area contributed by atoms with Crippen LogP contribution in [0.5, 0.6) is 0 Å². The minimum atomic E-state index is 0.841. The van der Waals surface area contributed by atoms with Crippen LogP contribution in [0.1, 0.15) is 24.5 Å². The number of benzene rings is 1. The third kappa shape index (κ3) is 3.55. The highest BCUT2D eigenvalue weighted by Gasteiger charge is 2.18. The van der Waals surface area contributed by atoms with Crippen LogP contribution in [0, 0.1) is 5.92 Å². The Bertz CT molecular complexity index is 349. The molecule has 1 saturated heterocycles. The van der Waals surface area contributed by atoms with E-state index in [4.69, 9.17) is 0 Å². The Kier molecular flexibility index (Phi) is 4.57. The Hall–Kier alpha value is -0.860. The molecule has 1 heterocycles. The molecule has 0 radical (unpaired) electrons. The summed E-state index contributed by atoms with van der Waals surface area (Å²) in [5.41, 5.74) is 2.94. The van der Waals surface area contributed by atoms with Crippen molar-refractivity contribution in [3.05, 3.63) is 35.4 Å². The van der Waals surface area contributed by atoms with Crippen molar-refractivity contribution >= 4 is 0 Å². The van der Waals surface area contributed by atoms with Crippen molar-refractivity contribution in [1.29, 1.82) is 0 Å². The van der Waals surface area contributed by atoms with Gasteiger partial charge in [-0.25, -0.2) is 0 Å². The fourth-order valence-electron chi connectivity index (χ4n) is 2.68. The van der Waals surface area contributed by atoms with E-state index >= 15 is 0 Å². The van der Waals surface area contributed by atoms with Gasteiger partial charge in [-0.1, -0.05) is 31.2 Å². The van der Waals surface area contributed by atoms with Crippen molar-refractivity contribution in [2.45, 2.75) is 26.3 Å². The summed E-state index contributed by atoms with van der Waals surface area (Å²) in [5.74, 6) is 0.841. The topological polar surface area (TPSA) is 15.3 Å². The van der Waals surface area contributed by atoms with E-state index in [9.17, 15) is 0 Å². The van der Waals surface area contributed by atoms with Crippen molar-refractivity contribution in [3.8, 4) is 0 Å². The molecule has 1 atom stereocenters. The van der Waals surface area contributed by atoms with Gasteiger partial charge in [0.2, 0.25) is 0 Å². The zero-order chi connectivity index (χ0) is 12.1. The molecule has 0 aromatic heterocycles. The van der Waals surface area contributed by atoms with Crippen LogP contribution in [0.2, 0.25) is 0 Å². The number of rotatable bonds is 5. The fourth-order valence-corrected chi connectivity index (χ4v) is 2.68. The fraction of sp³-hybridized carbons (Fsp3) is 0.600. The molecule has 1 aliphatic heterocycles. The van der Waals surface area contributed by atoms with Crippen LogP contribution in [0.3, 0.4) is 0 Å². The Morgan fingerprint density at radius 3 is 2.71 bits per heavy atom. The van der Waals surface area contributed by atoms with Gasteiger partial charge in [0.1, 0.15) is 0 Å². The summed E-state index contributed by atoms with van der Waals surface area (Å²) in [6.45, 7) is 6.91. The summed E-state index contributed by atoms with van der Waals surface area (Å²) in [6.07, 6.45) is 2.48. The highest BCUT2D eigenvalue weighted by atomic mass is 15.1. The maximum Gasteiger partial charge on any atom is 0.0208 e. The van der Waals surface area contributed by atoms with Gasteiger partial charge in [0, 0.05) is 13.1 Å². The summed E-state index contributed by atoms with van der Waals surface area (Å²) in [4.78, 5) is 2.42. The van der Waals surface area contributed by atoms with Crippen LogP contribution in [0.4, 0.5) is 0 Å². The molecule has 1 aliphatic rings. The number of aryl methyl sites for hydroxylation is 1. The lowest BCUT2D eigenvalue weighted by Gasteiger charge is -2.13. The Labute approximate surface area is 105 Å². The summed E-state index contributed by atoms with van der Waals surface area (Å²) in [5, 5.41) is 3.61. The number of nitrogens with one attached hydrogen (secondary N) is 1. The van der Waals surface area contributed by atoms with Crippen molar-refractivity contribution in [1.82, 2.24) is 10.2 Å². The van der Waals surface area contributed by atoms with Crippen molar-refractivity contribution in [2.75, 3.05) is 26.7 Å². The zero-order valence-electron chi connectivity index (χ0n) is 11.1. The number of hydrogen-bond acceptors (Lipinski definition) is 2. The first-order valence-electron chi connectivity index (χ1n) is 6.75. The Balaban J connectivity index is 1.78. The monoisotopic (exact) mass is 232 g/mol. The molecule has 1 unspecified atom stereocenters. The quantitative estimate of drug-likeness (QED) is 0.838. The predicted octanol–water partition coefficient (Wildman–Crippen LogP) is 2.29. The van der Waals surface area contributed by atoms with Gasteiger partial charge in [-0.3, -0.25) is 0 Å². The highest BCUT2D eigenvalue weighted by Crippen LogP contribution is 2.14. The largest absolute Gasteiger partial charge is 0.312 e. The second-order valence-electron chi connectivity index (χ2n) is 5.17. The van der Waals surface area contributed by atoms with E-state index in [0.29, 0.717) is 0 Å². The highest BCUT2D eigenvalue weighted by molar-refractivity contribution is 5.26. The lowest BCUT2D eigenvalue weighted by molar-refractivity contribution is 0.388. The van der Waals surface area contributed by atoms with Gasteiger partial charge >= 0.3 is 0 Å². The van der Waals surface area contributed by atoms with E-state index in [1.54, 1.807) is 0 Å². The SMILES string of the molecule is CCc1ccccc1CNCC1CCN(C)C1. The van der Waals surface area contributed by atoms with Gasteiger partial charge in [-0.15, -0.1) is 0 Å². The molecule has 1 fully saturated rings. The maximum absolute atomic E-state index is 3.61. The number of hydrogen-bond donors (Lipinski definition) is 1. The van der Waals surface area contributed by atoms with Crippen molar-refractivity contribution < 1.29 is 0 Å². The molecule has 0 spiro atoms. The van der Waals surface area contributed by atoms with E-state index in [-0.39, 0.29) is 0 Å². The molecular weight excluding hydrogens is 208 g/mol. The molecule has 2 heteroatoms. The molecule has 17 heavy (non-hydrogen) atoms. The maximum atomic E-state index is 3.61. The molecule has 1 aromatic rings. The molecule has 94 valence electrons. The second kappa shape index (κ2) is 6.18. The van der Waals surface area contributed by atoms with Crippen LogP contribution in [-0.4, -0.2) is 31.6 Å². The first kappa shape index (κ1) is 12.6. The van der Waals surface area contributed by atoms with Gasteiger partial charge in [0.05, 0.1) is 0 Å². The van der Waals surface area contributed by atoms with Gasteiger partial charge in [0.15, 0.2) is 0 Å². The van der Waals surface area contributed by atoms with Gasteiger partial charge in [-0.2, -0.15) is 0 Å². The van der Waals surface area contributed by atoms with E-state index in [2.05, 4.69) is 48.5 Å². The lowest BCUT2D eigenvalue weighted by Crippen LogP contribution is -2.25. The first-order chi connectivity index (χ1) is 8.29. The van der Waals surface area contributed by atoms with Crippen molar-refractivity contribution in [2.24, 2.45) is 5.92 Å². The average Bonchev–Trinajstić information content (AvgIpc) is 2.76. The second-order valence-corrected chi connectivity index (χ2v) is 5.17. The normalized spacial score (nSPS) is 20.9. The molecule has 0 aliphatic carbocycles. The summed E-state index contributed by atoms with van der Waals surface area (Å²) in [6, 6.07) is 8.75. The molecule has 2 nitrogen and oxygen atoms in total. The number of nitrogens with zero attached hydrogens (tertiary/aromatic N) is 1. The van der Waals surface area contributed by atoms with Gasteiger partial charge < -0.3 is 10.2 Å². The molecule has 2 rings (SSSR count). The third-order valence-corrected chi connectivity index (χ3v) is 3.74. The molecule has 0 saturated carbocycles. The van der Waals surface area contributed by atoms with Crippen LogP contribution in [0.25, 0.3) is 0 Å². The van der Waals surface area contributed by atoms with E-state index in [1.165, 1.54) is 30.6 Å². The predicted molar refractivity (Wildman–Crippen MR) is 73.1 cm³/mol. The van der Waals surface area contributed by atoms with E-state index in [0.717, 1.165) is 25.4 Å². The zero-order valence-corrected chi connectivity index (χ0v) is 11.1. The summed E-state index contributed by atoms with van der Waals surface area (Å²) < 4.78 is 0. The lowest BCUT2D eigenvalue weighted by atomic mass is 10.0. The molecular formula is C15H24N2. The van der Waals surface area contributed by atoms with Crippen LogP contribution in [-0.2, 0) is 13.0 Å². The summed E-state index contributed by atoms with van der Waals surface area (Å²) >= 11 is 0. The molecule has 1 N–H and O–H groups in total. The van der Waals surface area contributed by atoms with Gasteiger partial charge in [-0.05, 0) is 50.0 Å². The Morgan fingerprint density at radius 2 is 2.06 bits per heavy atom. The molecule has 0 bridgehead atoms. The average molecular weight is 232 g/mol. The van der Waals surface area contributed by atoms with Gasteiger partial charge in [0.25, 0.3) is 0 Å². The van der Waals surface area contributed by atoms with Crippen LogP contribution >= 0.6 is 0 Å². The van der Waals surface area contributed by atoms with E-state index in [1.807, 2.05) is 0 Å². The third-order valence-electron chi connectivity index (χ3n) is 3.74. The van der Waals surface area contributed by atoms with Crippen molar-refractivity contribution in [3.63, 3.8) is 0 Å². The molecule has 1 aromatic carbocycles. The van der Waals surface area contributed by atoms with Crippen LogP contribution < -0.4 is 5.32 Å². The first-order valence-corrected chi connectivity index (χ1v) is 6.75. The Morgan fingerprint density at radius 1 is 1.29 bits per heavy atom. The standard InChI is InChI=1S/C15H24N2/c1-3-14-6-4-5-7-15(14)11-16-10-13-8-9-17(2)12-13/h4-7,13,16H,3,8-12H2,1-2H3. The summed E-state index contributed by atoms with van der Waals surface area (Å²) in [7, 11) is 2.21. The minimum Gasteiger partial charge on any atom is -0.312 e. The molecule has 0 amide bonds.